The predicted octanol–water partition coefficient (Wildman–Crippen LogP) is 4.04. The lowest BCUT2D eigenvalue weighted by Crippen LogP contribution is -2.06. The molecule has 0 fully saturated rings. The lowest BCUT2D eigenvalue weighted by Gasteiger charge is -2.11. The van der Waals surface area contributed by atoms with E-state index in [9.17, 15) is 4.39 Å². The van der Waals surface area contributed by atoms with Gasteiger partial charge >= 0.3 is 0 Å². The molecular weight excluding hydrogens is 253 g/mol. The van der Waals surface area contributed by atoms with Gasteiger partial charge in [0, 0.05) is 6.04 Å². The molecule has 2 nitrogen and oxygen atoms in total. The fourth-order valence-electron chi connectivity index (χ4n) is 2.23. The second-order valence-corrected chi connectivity index (χ2v) is 5.26. The van der Waals surface area contributed by atoms with Crippen LogP contribution in [-0.4, -0.2) is 0 Å². The minimum atomic E-state index is -0.371. The van der Waals surface area contributed by atoms with Crippen LogP contribution < -0.4 is 10.5 Å². The van der Waals surface area contributed by atoms with Gasteiger partial charge in [0.2, 0.25) is 0 Å². The van der Waals surface area contributed by atoms with Crippen LogP contribution in [0.5, 0.6) is 5.75 Å². The first-order chi connectivity index (χ1) is 9.45. The highest BCUT2D eigenvalue weighted by Crippen LogP contribution is 2.22. The highest BCUT2D eigenvalue weighted by atomic mass is 19.1. The number of ether oxygens (including phenoxy) is 1. The van der Waals surface area contributed by atoms with Gasteiger partial charge in [-0.2, -0.15) is 0 Å². The van der Waals surface area contributed by atoms with Crippen molar-refractivity contribution >= 4 is 0 Å². The van der Waals surface area contributed by atoms with Crippen LogP contribution in [0.1, 0.15) is 35.2 Å². The van der Waals surface area contributed by atoms with Gasteiger partial charge in [0.05, 0.1) is 0 Å². The van der Waals surface area contributed by atoms with Crippen molar-refractivity contribution in [1.29, 1.82) is 0 Å². The van der Waals surface area contributed by atoms with Gasteiger partial charge in [-0.3, -0.25) is 0 Å². The predicted molar refractivity (Wildman–Crippen MR) is 79.3 cm³/mol. The van der Waals surface area contributed by atoms with E-state index in [1.807, 2.05) is 32.9 Å². The maximum absolute atomic E-state index is 13.9. The number of hydrogen-bond donors (Lipinski definition) is 1. The summed E-state index contributed by atoms with van der Waals surface area (Å²) < 4.78 is 19.4. The smallest absolute Gasteiger partial charge is 0.165 e. The quantitative estimate of drug-likeness (QED) is 0.912. The molecule has 2 aromatic carbocycles. The van der Waals surface area contributed by atoms with E-state index in [1.165, 1.54) is 17.2 Å². The third-order valence-corrected chi connectivity index (χ3v) is 3.16. The minimum Gasteiger partial charge on any atom is -0.486 e. The summed E-state index contributed by atoms with van der Waals surface area (Å²) in [6, 6.07) is 10.9. The van der Waals surface area contributed by atoms with Crippen molar-refractivity contribution in [2.24, 2.45) is 5.73 Å². The van der Waals surface area contributed by atoms with E-state index in [0.29, 0.717) is 6.61 Å². The van der Waals surface area contributed by atoms with E-state index in [0.717, 1.165) is 11.1 Å². The number of rotatable bonds is 4. The Morgan fingerprint density at radius 2 is 1.75 bits per heavy atom. The van der Waals surface area contributed by atoms with Crippen LogP contribution in [0.15, 0.2) is 36.4 Å². The first-order valence-corrected chi connectivity index (χ1v) is 6.70. The maximum Gasteiger partial charge on any atom is 0.165 e. The molecule has 0 saturated carbocycles. The third kappa shape index (κ3) is 3.58. The molecule has 0 aliphatic rings. The van der Waals surface area contributed by atoms with Gasteiger partial charge in [0.15, 0.2) is 11.6 Å². The highest BCUT2D eigenvalue weighted by Gasteiger charge is 2.07. The summed E-state index contributed by atoms with van der Waals surface area (Å²) in [5.41, 5.74) is 9.88. The molecule has 20 heavy (non-hydrogen) atoms. The molecule has 3 heteroatoms. The molecule has 2 N–H and O–H groups in total. The SMILES string of the molecule is Cc1cc(C)cc(COc2ccc([C@@H](C)N)cc2F)c1. The zero-order chi connectivity index (χ0) is 14.7. The normalized spacial score (nSPS) is 12.2. The van der Waals surface area contributed by atoms with E-state index in [4.69, 9.17) is 10.5 Å². The average Bonchev–Trinajstić information content (AvgIpc) is 2.36. The molecule has 0 saturated heterocycles. The lowest BCUT2D eigenvalue weighted by atomic mass is 10.1. The fraction of sp³-hybridized carbons (Fsp3) is 0.294. The summed E-state index contributed by atoms with van der Waals surface area (Å²) in [5.74, 6) is -0.113. The molecule has 0 aliphatic heterocycles. The standard InChI is InChI=1S/C17H20FNO/c1-11-6-12(2)8-14(7-11)10-20-17-5-4-15(13(3)19)9-16(17)18/h4-9,13H,10,19H2,1-3H3/t13-/m1/s1. The Morgan fingerprint density at radius 1 is 1.10 bits per heavy atom. The summed E-state index contributed by atoms with van der Waals surface area (Å²) in [5, 5.41) is 0. The molecule has 1 atom stereocenters. The maximum atomic E-state index is 13.9. The molecule has 0 bridgehead atoms. The Kier molecular flexibility index (Phi) is 4.40. The summed E-state index contributed by atoms with van der Waals surface area (Å²) in [6.07, 6.45) is 0. The Labute approximate surface area is 119 Å². The van der Waals surface area contributed by atoms with Crippen LogP contribution in [-0.2, 0) is 6.61 Å². The number of halogens is 1. The van der Waals surface area contributed by atoms with Crippen molar-refractivity contribution in [1.82, 2.24) is 0 Å². The van der Waals surface area contributed by atoms with Gasteiger partial charge in [-0.25, -0.2) is 4.39 Å². The Hall–Kier alpha value is -1.87. The second kappa shape index (κ2) is 6.06. The molecule has 0 spiro atoms. The summed E-state index contributed by atoms with van der Waals surface area (Å²) in [7, 11) is 0. The molecular formula is C17H20FNO. The van der Waals surface area contributed by atoms with Gasteiger partial charge in [-0.05, 0) is 44.0 Å². The zero-order valence-electron chi connectivity index (χ0n) is 12.1. The summed E-state index contributed by atoms with van der Waals surface area (Å²) in [6.45, 7) is 6.25. The molecule has 0 unspecified atom stereocenters. The first-order valence-electron chi connectivity index (χ1n) is 6.70. The first kappa shape index (κ1) is 14.5. The van der Waals surface area contributed by atoms with Gasteiger partial charge < -0.3 is 10.5 Å². The Morgan fingerprint density at radius 3 is 2.30 bits per heavy atom. The van der Waals surface area contributed by atoms with Gasteiger partial charge in [-0.15, -0.1) is 0 Å². The largest absolute Gasteiger partial charge is 0.486 e. The van der Waals surface area contributed by atoms with Crippen LogP contribution in [0.3, 0.4) is 0 Å². The molecule has 0 radical (unpaired) electrons. The van der Waals surface area contributed by atoms with Crippen molar-refractivity contribution < 1.29 is 9.13 Å². The number of hydrogen-bond acceptors (Lipinski definition) is 2. The number of benzene rings is 2. The lowest BCUT2D eigenvalue weighted by molar-refractivity contribution is 0.290. The van der Waals surface area contributed by atoms with Crippen molar-refractivity contribution in [3.05, 3.63) is 64.5 Å². The van der Waals surface area contributed by atoms with E-state index in [1.54, 1.807) is 12.1 Å². The van der Waals surface area contributed by atoms with Crippen LogP contribution in [0.4, 0.5) is 4.39 Å². The van der Waals surface area contributed by atoms with Gasteiger partial charge in [-0.1, -0.05) is 35.4 Å². The van der Waals surface area contributed by atoms with Crippen molar-refractivity contribution in [3.63, 3.8) is 0 Å². The fourth-order valence-corrected chi connectivity index (χ4v) is 2.23. The van der Waals surface area contributed by atoms with E-state index in [-0.39, 0.29) is 17.6 Å². The molecule has 0 heterocycles. The monoisotopic (exact) mass is 273 g/mol. The van der Waals surface area contributed by atoms with E-state index in [2.05, 4.69) is 6.07 Å². The topological polar surface area (TPSA) is 35.2 Å². The summed E-state index contributed by atoms with van der Waals surface area (Å²) in [4.78, 5) is 0. The Bertz CT molecular complexity index is 588. The molecule has 0 aromatic heterocycles. The van der Waals surface area contributed by atoms with Crippen LogP contribution in [0, 0.1) is 19.7 Å². The number of nitrogens with two attached hydrogens (primary N) is 1. The van der Waals surface area contributed by atoms with Crippen molar-refractivity contribution in [2.45, 2.75) is 33.4 Å². The van der Waals surface area contributed by atoms with Crippen LogP contribution in [0.25, 0.3) is 0 Å². The van der Waals surface area contributed by atoms with Crippen LogP contribution >= 0.6 is 0 Å². The van der Waals surface area contributed by atoms with E-state index < -0.39 is 0 Å². The molecule has 0 amide bonds. The van der Waals surface area contributed by atoms with Gasteiger partial charge in [0.1, 0.15) is 6.61 Å². The van der Waals surface area contributed by atoms with Gasteiger partial charge in [0.25, 0.3) is 0 Å². The average molecular weight is 273 g/mol. The molecule has 0 aliphatic carbocycles. The van der Waals surface area contributed by atoms with Crippen molar-refractivity contribution in [3.8, 4) is 5.75 Å². The minimum absolute atomic E-state index is 0.182. The second-order valence-electron chi connectivity index (χ2n) is 5.26. The molecule has 106 valence electrons. The highest BCUT2D eigenvalue weighted by molar-refractivity contribution is 5.32. The Balaban J connectivity index is 2.11. The third-order valence-electron chi connectivity index (χ3n) is 3.16. The summed E-state index contributed by atoms with van der Waals surface area (Å²) >= 11 is 0. The molecule has 2 rings (SSSR count). The zero-order valence-corrected chi connectivity index (χ0v) is 12.1. The molecule has 2 aromatic rings. The van der Waals surface area contributed by atoms with Crippen molar-refractivity contribution in [2.75, 3.05) is 0 Å². The van der Waals surface area contributed by atoms with Crippen LogP contribution in [0.2, 0.25) is 0 Å². The van der Waals surface area contributed by atoms with E-state index >= 15 is 0 Å². The number of aryl methyl sites for hydroxylation is 2.